The summed E-state index contributed by atoms with van der Waals surface area (Å²) in [4.78, 5) is 0. The van der Waals surface area contributed by atoms with E-state index in [1.165, 1.54) is 0 Å². The van der Waals surface area contributed by atoms with Gasteiger partial charge in [0.15, 0.2) is 0 Å². The number of nitrogens with one attached hydrogen (secondary N) is 1. The maximum Gasteiger partial charge on any atom is 0.209 e. The van der Waals surface area contributed by atoms with Crippen LogP contribution in [-0.2, 0) is 0 Å². The topological polar surface area (TPSA) is 42.7 Å². The van der Waals surface area contributed by atoms with E-state index >= 15 is 0 Å². The van der Waals surface area contributed by atoms with Crippen LogP contribution >= 0.6 is 11.8 Å². The normalized spacial score (nSPS) is 23.5. The van der Waals surface area contributed by atoms with Crippen molar-refractivity contribution in [1.29, 1.82) is 0 Å². The van der Waals surface area contributed by atoms with Crippen molar-refractivity contribution in [2.24, 2.45) is 0 Å². The summed E-state index contributed by atoms with van der Waals surface area (Å²) in [5, 5.41) is 8.63. The molecule has 10 heavy (non-hydrogen) atoms. The summed E-state index contributed by atoms with van der Waals surface area (Å²) in [6.45, 7) is 2.13. The molecule has 1 aromatic heterocycles. The number of hydrogen-bond donors (Lipinski definition) is 1. The van der Waals surface area contributed by atoms with Crippen LogP contribution in [0.15, 0.2) is 11.5 Å². The van der Waals surface area contributed by atoms with E-state index in [0.717, 1.165) is 10.9 Å². The SMILES string of the molecule is CC1CSc2nncn2N1. The largest absolute Gasteiger partial charge is 0.319 e. The monoisotopic (exact) mass is 156 g/mol. The van der Waals surface area contributed by atoms with Crippen LogP contribution in [0.25, 0.3) is 0 Å². The molecule has 0 saturated carbocycles. The highest BCUT2D eigenvalue weighted by molar-refractivity contribution is 7.99. The lowest BCUT2D eigenvalue weighted by atomic mass is 10.4. The van der Waals surface area contributed by atoms with E-state index in [9.17, 15) is 0 Å². The Morgan fingerprint density at radius 1 is 1.90 bits per heavy atom. The summed E-state index contributed by atoms with van der Waals surface area (Å²) < 4.78 is 1.86. The lowest BCUT2D eigenvalue weighted by Gasteiger charge is -2.20. The molecule has 0 bridgehead atoms. The first-order chi connectivity index (χ1) is 4.86. The van der Waals surface area contributed by atoms with E-state index in [0.29, 0.717) is 6.04 Å². The molecule has 0 amide bonds. The van der Waals surface area contributed by atoms with Crippen LogP contribution in [0.4, 0.5) is 0 Å². The second-order valence-corrected chi connectivity index (χ2v) is 3.31. The molecule has 0 aliphatic carbocycles. The molecule has 0 aromatic carbocycles. The van der Waals surface area contributed by atoms with Crippen LogP contribution in [0.3, 0.4) is 0 Å². The Kier molecular flexibility index (Phi) is 1.30. The fraction of sp³-hybridized carbons (Fsp3) is 0.600. The highest BCUT2D eigenvalue weighted by atomic mass is 32.2. The summed E-state index contributed by atoms with van der Waals surface area (Å²) in [5.74, 6) is 1.07. The zero-order valence-electron chi connectivity index (χ0n) is 5.61. The highest BCUT2D eigenvalue weighted by Gasteiger charge is 2.14. The van der Waals surface area contributed by atoms with Gasteiger partial charge < -0.3 is 5.43 Å². The van der Waals surface area contributed by atoms with Gasteiger partial charge in [0.25, 0.3) is 0 Å². The highest BCUT2D eigenvalue weighted by Crippen LogP contribution is 2.18. The molecule has 0 fully saturated rings. The maximum absolute atomic E-state index is 3.90. The quantitative estimate of drug-likeness (QED) is 0.587. The van der Waals surface area contributed by atoms with E-state index in [4.69, 9.17) is 0 Å². The van der Waals surface area contributed by atoms with Gasteiger partial charge in [-0.05, 0) is 6.92 Å². The molecule has 1 aromatic rings. The Morgan fingerprint density at radius 3 is 3.70 bits per heavy atom. The third kappa shape index (κ3) is 0.862. The molecular formula is C5H8N4S. The molecule has 2 rings (SSSR count). The van der Waals surface area contributed by atoms with Crippen molar-refractivity contribution in [3.05, 3.63) is 6.33 Å². The van der Waals surface area contributed by atoms with E-state index in [2.05, 4.69) is 22.5 Å². The molecule has 1 N–H and O–H groups in total. The maximum atomic E-state index is 3.90. The molecule has 54 valence electrons. The average molecular weight is 156 g/mol. The van der Waals surface area contributed by atoms with Crippen molar-refractivity contribution in [1.82, 2.24) is 14.9 Å². The van der Waals surface area contributed by atoms with E-state index in [-0.39, 0.29) is 0 Å². The Balaban J connectivity index is 2.30. The van der Waals surface area contributed by atoms with Gasteiger partial charge in [-0.15, -0.1) is 10.2 Å². The summed E-state index contributed by atoms with van der Waals surface area (Å²) in [6.07, 6.45) is 1.69. The predicted octanol–water partition coefficient (Wildman–Crippen LogP) is 0.316. The minimum atomic E-state index is 0.508. The van der Waals surface area contributed by atoms with Crippen LogP contribution < -0.4 is 5.43 Å². The van der Waals surface area contributed by atoms with Gasteiger partial charge in [-0.25, -0.2) is 4.68 Å². The van der Waals surface area contributed by atoms with Crippen LogP contribution in [0.2, 0.25) is 0 Å². The molecule has 0 spiro atoms. The van der Waals surface area contributed by atoms with Crippen LogP contribution in [0, 0.1) is 0 Å². The first kappa shape index (κ1) is 6.03. The van der Waals surface area contributed by atoms with Gasteiger partial charge in [0.05, 0.1) is 0 Å². The van der Waals surface area contributed by atoms with Crippen LogP contribution in [-0.4, -0.2) is 26.7 Å². The van der Waals surface area contributed by atoms with Gasteiger partial charge in [0, 0.05) is 11.8 Å². The number of thioether (sulfide) groups is 1. The number of rotatable bonds is 0. The fourth-order valence-corrected chi connectivity index (χ4v) is 1.70. The fourth-order valence-electron chi connectivity index (χ4n) is 0.886. The third-order valence-electron chi connectivity index (χ3n) is 1.34. The molecule has 1 unspecified atom stereocenters. The third-order valence-corrected chi connectivity index (χ3v) is 2.54. The predicted molar refractivity (Wildman–Crippen MR) is 39.6 cm³/mol. The summed E-state index contributed by atoms with van der Waals surface area (Å²) in [5.41, 5.74) is 3.21. The molecule has 0 saturated heterocycles. The summed E-state index contributed by atoms with van der Waals surface area (Å²) in [6, 6.07) is 0.508. The molecule has 0 radical (unpaired) electrons. The number of aromatic nitrogens is 3. The van der Waals surface area contributed by atoms with Gasteiger partial charge in [0.2, 0.25) is 5.16 Å². The lowest BCUT2D eigenvalue weighted by molar-refractivity contribution is 0.667. The minimum Gasteiger partial charge on any atom is -0.319 e. The smallest absolute Gasteiger partial charge is 0.209 e. The van der Waals surface area contributed by atoms with Crippen LogP contribution in [0.5, 0.6) is 0 Å². The molecule has 5 heteroatoms. The molecule has 4 nitrogen and oxygen atoms in total. The van der Waals surface area contributed by atoms with Gasteiger partial charge >= 0.3 is 0 Å². The Morgan fingerprint density at radius 2 is 2.80 bits per heavy atom. The second-order valence-electron chi connectivity index (χ2n) is 2.32. The number of nitrogens with zero attached hydrogens (tertiary/aromatic N) is 3. The van der Waals surface area contributed by atoms with Crippen molar-refractivity contribution in [3.63, 3.8) is 0 Å². The molecule has 1 aliphatic rings. The Hall–Kier alpha value is -0.710. The zero-order valence-corrected chi connectivity index (χ0v) is 6.43. The van der Waals surface area contributed by atoms with Crippen molar-refractivity contribution in [2.75, 3.05) is 11.2 Å². The lowest BCUT2D eigenvalue weighted by Crippen LogP contribution is -2.31. The van der Waals surface area contributed by atoms with Crippen molar-refractivity contribution >= 4 is 11.8 Å². The Labute approximate surface area is 63.0 Å². The first-order valence-corrected chi connectivity index (χ1v) is 4.14. The molecule has 1 atom stereocenters. The minimum absolute atomic E-state index is 0.508. The summed E-state index contributed by atoms with van der Waals surface area (Å²) >= 11 is 1.73. The van der Waals surface area contributed by atoms with Gasteiger partial charge in [0.1, 0.15) is 6.33 Å². The summed E-state index contributed by atoms with van der Waals surface area (Å²) in [7, 11) is 0. The molecule has 1 aliphatic heterocycles. The van der Waals surface area contributed by atoms with Crippen LogP contribution in [0.1, 0.15) is 6.92 Å². The van der Waals surface area contributed by atoms with Crippen molar-refractivity contribution in [3.8, 4) is 0 Å². The Bertz CT molecular complexity index is 233. The number of hydrogen-bond acceptors (Lipinski definition) is 4. The van der Waals surface area contributed by atoms with Crippen molar-refractivity contribution in [2.45, 2.75) is 18.1 Å². The van der Waals surface area contributed by atoms with E-state index in [1.54, 1.807) is 18.1 Å². The standard InChI is InChI=1S/C5H8N4S/c1-4-2-10-5-7-6-3-9(5)8-4/h3-4,8H,2H2,1H3. The second kappa shape index (κ2) is 2.16. The van der Waals surface area contributed by atoms with Gasteiger partial charge in [-0.2, -0.15) is 0 Å². The van der Waals surface area contributed by atoms with Crippen molar-refractivity contribution < 1.29 is 0 Å². The van der Waals surface area contributed by atoms with Gasteiger partial charge in [-0.3, -0.25) is 0 Å². The van der Waals surface area contributed by atoms with E-state index < -0.39 is 0 Å². The molecule has 2 heterocycles. The average Bonchev–Trinajstić information content (AvgIpc) is 2.33. The molecular weight excluding hydrogens is 148 g/mol. The number of fused-ring (bicyclic) bond motifs is 1. The zero-order chi connectivity index (χ0) is 6.97. The first-order valence-electron chi connectivity index (χ1n) is 3.15. The van der Waals surface area contributed by atoms with E-state index in [1.807, 2.05) is 4.68 Å². The van der Waals surface area contributed by atoms with Gasteiger partial charge in [-0.1, -0.05) is 11.8 Å².